The lowest BCUT2D eigenvalue weighted by molar-refractivity contribution is -0.654. The maximum Gasteiger partial charge on any atom is 0.408 e. The highest BCUT2D eigenvalue weighted by atomic mass is 32.1. The van der Waals surface area contributed by atoms with Crippen LogP contribution in [0.15, 0.2) is 46.1 Å². The molecule has 0 fully saturated rings. The van der Waals surface area contributed by atoms with Gasteiger partial charge in [0.2, 0.25) is 0 Å². The van der Waals surface area contributed by atoms with Crippen molar-refractivity contribution >= 4 is 27.8 Å². The number of hydrogen-bond donors (Lipinski definition) is 0. The summed E-state index contributed by atoms with van der Waals surface area (Å²) in [5, 5.41) is 11.3. The Kier molecular flexibility index (Phi) is 4.04. The van der Waals surface area contributed by atoms with Crippen LogP contribution in [0.2, 0.25) is 0 Å². The summed E-state index contributed by atoms with van der Waals surface area (Å²) in [4.78, 5) is 2.18. The van der Waals surface area contributed by atoms with Gasteiger partial charge in [0.15, 0.2) is 0 Å². The lowest BCUT2D eigenvalue weighted by atomic mass is 10.2. The van der Waals surface area contributed by atoms with Crippen molar-refractivity contribution in [3.05, 3.63) is 35.8 Å². The molecule has 0 N–H and O–H groups in total. The molecule has 2 rings (SSSR count). The van der Waals surface area contributed by atoms with Gasteiger partial charge in [0.1, 0.15) is 11.9 Å². The fraction of sp³-hybridized carbons (Fsp3) is 0.308. The second-order valence-electron chi connectivity index (χ2n) is 4.03. The normalized spacial score (nSPS) is 11.1. The lowest BCUT2D eigenvalue weighted by Crippen LogP contribution is -2.23. The third kappa shape index (κ3) is 2.92. The molecule has 94 valence electrons. The van der Waals surface area contributed by atoms with Crippen molar-refractivity contribution in [2.45, 2.75) is 6.92 Å². The highest BCUT2D eigenvalue weighted by molar-refractivity contribution is 7.12. The van der Waals surface area contributed by atoms with Crippen LogP contribution in [-0.2, 0) is 7.05 Å². The minimum absolute atomic E-state index is 0.872. The highest BCUT2D eigenvalue weighted by Crippen LogP contribution is 2.21. The van der Waals surface area contributed by atoms with Gasteiger partial charge in [0, 0.05) is 24.7 Å². The maximum absolute atomic E-state index is 4.23. The SMILES string of the molecule is CCN(C)c1ccc(N=Nc2scc[n+]2C)cc1. The predicted octanol–water partition coefficient (Wildman–Crippen LogP) is 3.44. The smallest absolute Gasteiger partial charge is 0.375 e. The predicted molar refractivity (Wildman–Crippen MR) is 75.1 cm³/mol. The minimum atomic E-state index is 0.872. The summed E-state index contributed by atoms with van der Waals surface area (Å²) in [6.07, 6.45) is 1.97. The Morgan fingerprint density at radius 3 is 2.50 bits per heavy atom. The Morgan fingerprint density at radius 1 is 1.22 bits per heavy atom. The van der Waals surface area contributed by atoms with Crippen molar-refractivity contribution in [3.63, 3.8) is 0 Å². The molecule has 0 saturated carbocycles. The van der Waals surface area contributed by atoms with Gasteiger partial charge in [-0.3, -0.25) is 0 Å². The monoisotopic (exact) mass is 261 g/mol. The average Bonchev–Trinajstić information content (AvgIpc) is 2.81. The first-order valence-electron chi connectivity index (χ1n) is 5.86. The molecule has 5 heteroatoms. The summed E-state index contributed by atoms with van der Waals surface area (Å²) in [7, 11) is 4.03. The number of benzene rings is 1. The molecule has 0 aliphatic heterocycles. The minimum Gasteiger partial charge on any atom is -0.375 e. The molecule has 0 radical (unpaired) electrons. The molecule has 2 aromatic rings. The summed E-state index contributed by atoms with van der Waals surface area (Å²) in [6.45, 7) is 3.12. The molecule has 0 aliphatic carbocycles. The van der Waals surface area contributed by atoms with Gasteiger partial charge >= 0.3 is 5.13 Å². The van der Waals surface area contributed by atoms with Gasteiger partial charge < -0.3 is 4.90 Å². The summed E-state index contributed by atoms with van der Waals surface area (Å²) < 4.78 is 1.95. The third-order valence-corrected chi connectivity index (χ3v) is 3.61. The highest BCUT2D eigenvalue weighted by Gasteiger charge is 2.07. The van der Waals surface area contributed by atoms with Crippen molar-refractivity contribution in [2.24, 2.45) is 17.3 Å². The van der Waals surface area contributed by atoms with Gasteiger partial charge in [-0.25, -0.2) is 4.57 Å². The Balaban J connectivity index is 2.11. The van der Waals surface area contributed by atoms with E-state index in [1.807, 2.05) is 35.3 Å². The van der Waals surface area contributed by atoms with Crippen LogP contribution in [0.1, 0.15) is 6.92 Å². The third-order valence-electron chi connectivity index (χ3n) is 2.78. The Hall–Kier alpha value is -1.75. The van der Waals surface area contributed by atoms with E-state index in [1.165, 1.54) is 5.69 Å². The van der Waals surface area contributed by atoms with E-state index in [0.29, 0.717) is 0 Å². The standard InChI is InChI=1S/C13H17N4S/c1-4-16(2)12-7-5-11(6-8-12)14-15-13-17(3)9-10-18-13/h5-10H,4H2,1-3H3/q+1. The molecule has 0 aliphatic rings. The van der Waals surface area contributed by atoms with Crippen LogP contribution in [0, 0.1) is 0 Å². The number of nitrogens with zero attached hydrogens (tertiary/aromatic N) is 4. The molecule has 0 spiro atoms. The summed E-state index contributed by atoms with van der Waals surface area (Å²) in [6, 6.07) is 8.09. The summed E-state index contributed by atoms with van der Waals surface area (Å²) >= 11 is 1.57. The van der Waals surface area contributed by atoms with Gasteiger partial charge in [0.25, 0.3) is 0 Å². The zero-order chi connectivity index (χ0) is 13.0. The first kappa shape index (κ1) is 12.7. The summed E-state index contributed by atoms with van der Waals surface area (Å²) in [5.74, 6) is 0. The van der Waals surface area contributed by atoms with Crippen LogP contribution >= 0.6 is 11.3 Å². The number of thiazole rings is 1. The van der Waals surface area contributed by atoms with Gasteiger partial charge in [-0.05, 0) is 47.6 Å². The molecule has 0 amide bonds. The van der Waals surface area contributed by atoms with Crippen molar-refractivity contribution in [1.29, 1.82) is 0 Å². The number of anilines is 1. The second-order valence-corrected chi connectivity index (χ2v) is 4.90. The van der Waals surface area contributed by atoms with Crippen LogP contribution in [0.3, 0.4) is 0 Å². The average molecular weight is 261 g/mol. The van der Waals surface area contributed by atoms with Gasteiger partial charge in [-0.15, -0.1) is 0 Å². The Morgan fingerprint density at radius 2 is 1.94 bits per heavy atom. The molecule has 1 aromatic carbocycles. The number of aromatic nitrogens is 1. The van der Waals surface area contributed by atoms with Gasteiger partial charge in [0.05, 0.1) is 12.2 Å². The van der Waals surface area contributed by atoms with E-state index < -0.39 is 0 Å². The topological polar surface area (TPSA) is 31.8 Å². The van der Waals surface area contributed by atoms with Crippen molar-refractivity contribution in [3.8, 4) is 0 Å². The number of hydrogen-bond acceptors (Lipinski definition) is 4. The lowest BCUT2D eigenvalue weighted by Gasteiger charge is -2.15. The molecule has 0 unspecified atom stereocenters. The quantitative estimate of drug-likeness (QED) is 0.613. The molecule has 18 heavy (non-hydrogen) atoms. The van der Waals surface area contributed by atoms with Crippen molar-refractivity contribution in [1.82, 2.24) is 0 Å². The van der Waals surface area contributed by atoms with E-state index in [0.717, 1.165) is 17.4 Å². The maximum atomic E-state index is 4.23. The molecule has 4 nitrogen and oxygen atoms in total. The zero-order valence-electron chi connectivity index (χ0n) is 10.9. The fourth-order valence-corrected chi connectivity index (χ4v) is 2.16. The molecular formula is C13H17N4S+. The number of rotatable bonds is 4. The van der Waals surface area contributed by atoms with E-state index in [4.69, 9.17) is 0 Å². The number of aryl methyl sites for hydroxylation is 1. The van der Waals surface area contributed by atoms with Crippen LogP contribution in [0.4, 0.5) is 16.5 Å². The molecule has 0 bridgehead atoms. The van der Waals surface area contributed by atoms with Gasteiger partial charge in [-0.1, -0.05) is 0 Å². The first-order chi connectivity index (χ1) is 8.70. The number of azo groups is 1. The molecular weight excluding hydrogens is 244 g/mol. The van der Waals surface area contributed by atoms with Crippen LogP contribution < -0.4 is 9.47 Å². The van der Waals surface area contributed by atoms with E-state index in [2.05, 4.69) is 41.2 Å². The first-order valence-corrected chi connectivity index (χ1v) is 6.74. The second kappa shape index (κ2) is 5.73. The van der Waals surface area contributed by atoms with E-state index >= 15 is 0 Å². The molecule has 0 saturated heterocycles. The Bertz CT molecular complexity index is 530. The van der Waals surface area contributed by atoms with E-state index in [9.17, 15) is 0 Å². The van der Waals surface area contributed by atoms with Crippen molar-refractivity contribution in [2.75, 3.05) is 18.5 Å². The van der Waals surface area contributed by atoms with Gasteiger partial charge in [-0.2, -0.15) is 0 Å². The molecule has 1 heterocycles. The largest absolute Gasteiger partial charge is 0.408 e. The van der Waals surface area contributed by atoms with E-state index in [-0.39, 0.29) is 0 Å². The Labute approximate surface area is 111 Å². The van der Waals surface area contributed by atoms with Crippen LogP contribution in [-0.4, -0.2) is 13.6 Å². The zero-order valence-corrected chi connectivity index (χ0v) is 11.7. The van der Waals surface area contributed by atoms with E-state index in [1.54, 1.807) is 11.3 Å². The molecule has 0 atom stereocenters. The fourth-order valence-electron chi connectivity index (χ4n) is 1.48. The van der Waals surface area contributed by atoms with Crippen LogP contribution in [0.25, 0.3) is 0 Å². The van der Waals surface area contributed by atoms with Crippen molar-refractivity contribution < 1.29 is 4.57 Å². The molecule has 1 aromatic heterocycles. The van der Waals surface area contributed by atoms with Crippen LogP contribution in [0.5, 0.6) is 0 Å². The summed E-state index contributed by atoms with van der Waals surface area (Å²) in [5.41, 5.74) is 2.06.